The zero-order valence-electron chi connectivity index (χ0n) is 9.23. The minimum Gasteiger partial charge on any atom is -0.383 e. The van der Waals surface area contributed by atoms with Gasteiger partial charge in [-0.3, -0.25) is 0 Å². The Morgan fingerprint density at radius 1 is 1.17 bits per heavy atom. The van der Waals surface area contributed by atoms with Crippen LogP contribution in [-0.2, 0) is 5.75 Å². The highest BCUT2D eigenvalue weighted by molar-refractivity contribution is 7.98. The van der Waals surface area contributed by atoms with Gasteiger partial charge in [0.1, 0.15) is 17.5 Å². The van der Waals surface area contributed by atoms with E-state index in [0.29, 0.717) is 21.5 Å². The van der Waals surface area contributed by atoms with E-state index in [9.17, 15) is 4.39 Å². The van der Waals surface area contributed by atoms with Crippen molar-refractivity contribution in [2.24, 2.45) is 0 Å². The third kappa shape index (κ3) is 3.24. The zero-order chi connectivity index (χ0) is 13.1. The average Bonchev–Trinajstić information content (AvgIpc) is 2.29. The van der Waals surface area contributed by atoms with Gasteiger partial charge >= 0.3 is 0 Å². The summed E-state index contributed by atoms with van der Waals surface area (Å²) >= 11 is 7.05. The lowest BCUT2D eigenvalue weighted by molar-refractivity contribution is 0.617. The van der Waals surface area contributed by atoms with Crippen molar-refractivity contribution in [3.63, 3.8) is 0 Å². The highest BCUT2D eigenvalue weighted by atomic mass is 35.5. The number of nitrogens with zero attached hydrogens (tertiary/aromatic N) is 2. The summed E-state index contributed by atoms with van der Waals surface area (Å²) in [6.45, 7) is 0. The Kier molecular flexibility index (Phi) is 3.88. The second-order valence-electron chi connectivity index (χ2n) is 3.52. The molecule has 2 rings (SSSR count). The first-order chi connectivity index (χ1) is 8.54. The summed E-state index contributed by atoms with van der Waals surface area (Å²) in [5.74, 6) is 0.617. The molecule has 0 radical (unpaired) electrons. The number of aromatic nitrogens is 2. The highest BCUT2D eigenvalue weighted by Crippen LogP contribution is 2.24. The van der Waals surface area contributed by atoms with Crippen molar-refractivity contribution in [1.82, 2.24) is 9.97 Å². The van der Waals surface area contributed by atoms with E-state index in [-0.39, 0.29) is 17.5 Å². The second kappa shape index (κ2) is 5.41. The monoisotopic (exact) mass is 284 g/mol. The third-order valence-corrected chi connectivity index (χ3v) is 3.24. The largest absolute Gasteiger partial charge is 0.383 e. The Bertz CT molecular complexity index is 559. The number of nitrogens with two attached hydrogens (primary N) is 2. The van der Waals surface area contributed by atoms with Gasteiger partial charge in [-0.15, -0.1) is 0 Å². The smallest absolute Gasteiger partial charge is 0.191 e. The molecule has 7 heteroatoms. The number of anilines is 2. The minimum absolute atomic E-state index is 0.288. The van der Waals surface area contributed by atoms with Crippen LogP contribution in [0.15, 0.2) is 29.4 Å². The van der Waals surface area contributed by atoms with Gasteiger partial charge in [0.05, 0.1) is 0 Å². The molecule has 0 aliphatic heterocycles. The van der Waals surface area contributed by atoms with E-state index in [1.54, 1.807) is 6.07 Å². The molecule has 2 aromatic rings. The molecule has 1 heterocycles. The van der Waals surface area contributed by atoms with Gasteiger partial charge in [0.15, 0.2) is 5.16 Å². The first kappa shape index (κ1) is 12.9. The molecule has 4 N–H and O–H groups in total. The van der Waals surface area contributed by atoms with Gasteiger partial charge in [0.2, 0.25) is 0 Å². The molecule has 1 aromatic heterocycles. The van der Waals surface area contributed by atoms with Crippen LogP contribution in [-0.4, -0.2) is 9.97 Å². The Labute approximate surface area is 113 Å². The Balaban J connectivity index is 2.13. The summed E-state index contributed by atoms with van der Waals surface area (Å²) < 4.78 is 13.5. The Hall–Kier alpha value is -1.53. The van der Waals surface area contributed by atoms with Gasteiger partial charge in [-0.05, 0) is 23.8 Å². The van der Waals surface area contributed by atoms with Crippen LogP contribution in [0.2, 0.25) is 5.02 Å². The average molecular weight is 285 g/mol. The third-order valence-electron chi connectivity index (χ3n) is 2.11. The van der Waals surface area contributed by atoms with Gasteiger partial charge in [-0.25, -0.2) is 14.4 Å². The Morgan fingerprint density at radius 3 is 2.50 bits per heavy atom. The molecule has 0 fully saturated rings. The maximum absolute atomic E-state index is 13.5. The summed E-state index contributed by atoms with van der Waals surface area (Å²) in [6.07, 6.45) is 0. The molecule has 18 heavy (non-hydrogen) atoms. The van der Waals surface area contributed by atoms with Gasteiger partial charge in [-0.1, -0.05) is 23.4 Å². The van der Waals surface area contributed by atoms with Gasteiger partial charge < -0.3 is 11.5 Å². The number of nitrogen functional groups attached to an aromatic ring is 2. The van der Waals surface area contributed by atoms with Crippen molar-refractivity contribution in [2.45, 2.75) is 10.9 Å². The van der Waals surface area contributed by atoms with Gasteiger partial charge in [0, 0.05) is 16.8 Å². The number of benzene rings is 1. The fourth-order valence-corrected chi connectivity index (χ4v) is 2.36. The first-order valence-electron chi connectivity index (χ1n) is 5.01. The SMILES string of the molecule is Nc1cc(N)nc(SCc2cc(Cl)ccc2F)n1. The van der Waals surface area contributed by atoms with Gasteiger partial charge in [0.25, 0.3) is 0 Å². The van der Waals surface area contributed by atoms with E-state index < -0.39 is 0 Å². The van der Waals surface area contributed by atoms with E-state index in [1.807, 2.05) is 0 Å². The maximum Gasteiger partial charge on any atom is 0.191 e. The van der Waals surface area contributed by atoms with Crippen molar-refractivity contribution in [3.05, 3.63) is 40.7 Å². The molecule has 4 nitrogen and oxygen atoms in total. The van der Waals surface area contributed by atoms with Crippen LogP contribution < -0.4 is 11.5 Å². The van der Waals surface area contributed by atoms with Crippen molar-refractivity contribution >= 4 is 35.0 Å². The lowest BCUT2D eigenvalue weighted by Gasteiger charge is -2.04. The van der Waals surface area contributed by atoms with Crippen LogP contribution in [0, 0.1) is 5.82 Å². The summed E-state index contributed by atoms with van der Waals surface area (Å²) in [7, 11) is 0. The Morgan fingerprint density at radius 2 is 1.83 bits per heavy atom. The van der Waals surface area contributed by atoms with E-state index in [0.717, 1.165) is 0 Å². The fraction of sp³-hybridized carbons (Fsp3) is 0.0909. The van der Waals surface area contributed by atoms with Crippen LogP contribution in [0.25, 0.3) is 0 Å². The quantitative estimate of drug-likeness (QED) is 0.669. The molecule has 0 saturated carbocycles. The highest BCUT2D eigenvalue weighted by Gasteiger charge is 2.06. The molecule has 0 aliphatic carbocycles. The van der Waals surface area contributed by atoms with Crippen LogP contribution in [0.3, 0.4) is 0 Å². The molecule has 0 spiro atoms. The van der Waals surface area contributed by atoms with Crippen LogP contribution >= 0.6 is 23.4 Å². The maximum atomic E-state index is 13.5. The van der Waals surface area contributed by atoms with Gasteiger partial charge in [-0.2, -0.15) is 0 Å². The first-order valence-corrected chi connectivity index (χ1v) is 6.38. The van der Waals surface area contributed by atoms with E-state index in [2.05, 4.69) is 9.97 Å². The standard InChI is InChI=1S/C11H10ClFN4S/c12-7-1-2-8(13)6(3-7)5-18-11-16-9(14)4-10(15)17-11/h1-4H,5H2,(H4,14,15,16,17). The summed E-state index contributed by atoms with van der Waals surface area (Å²) in [4.78, 5) is 7.99. The predicted octanol–water partition coefficient (Wildman–Crippen LogP) is 2.73. The van der Waals surface area contributed by atoms with Crippen LogP contribution in [0.5, 0.6) is 0 Å². The van der Waals surface area contributed by atoms with Crippen molar-refractivity contribution in [2.75, 3.05) is 11.5 Å². The molecule has 94 valence electrons. The normalized spacial score (nSPS) is 10.6. The lowest BCUT2D eigenvalue weighted by atomic mass is 10.2. The molecule has 1 aromatic carbocycles. The molecule has 0 aliphatic rings. The number of halogens is 2. The number of hydrogen-bond donors (Lipinski definition) is 2. The van der Waals surface area contributed by atoms with Crippen molar-refractivity contribution < 1.29 is 4.39 Å². The minimum atomic E-state index is -0.316. The second-order valence-corrected chi connectivity index (χ2v) is 4.90. The van der Waals surface area contributed by atoms with E-state index in [1.165, 1.54) is 30.0 Å². The molecule has 0 atom stereocenters. The topological polar surface area (TPSA) is 77.8 Å². The summed E-state index contributed by atoms with van der Waals surface area (Å²) in [5.41, 5.74) is 11.6. The molecular weight excluding hydrogens is 275 g/mol. The summed E-state index contributed by atoms with van der Waals surface area (Å²) in [5, 5.41) is 0.895. The molecule has 0 saturated heterocycles. The van der Waals surface area contributed by atoms with Crippen molar-refractivity contribution in [3.8, 4) is 0 Å². The predicted molar refractivity (Wildman–Crippen MR) is 71.8 cm³/mol. The van der Waals surface area contributed by atoms with E-state index in [4.69, 9.17) is 23.1 Å². The molecular formula is C11H10ClFN4S. The fourth-order valence-electron chi connectivity index (χ4n) is 1.32. The molecule has 0 unspecified atom stereocenters. The molecule has 0 bridgehead atoms. The lowest BCUT2D eigenvalue weighted by Crippen LogP contribution is -1.99. The number of hydrogen-bond acceptors (Lipinski definition) is 5. The van der Waals surface area contributed by atoms with Crippen LogP contribution in [0.1, 0.15) is 5.56 Å². The molecule has 0 amide bonds. The number of rotatable bonds is 3. The van der Waals surface area contributed by atoms with E-state index >= 15 is 0 Å². The van der Waals surface area contributed by atoms with Crippen molar-refractivity contribution in [1.29, 1.82) is 0 Å². The number of thioether (sulfide) groups is 1. The summed E-state index contributed by atoms with van der Waals surface area (Å²) in [6, 6.07) is 5.86. The van der Waals surface area contributed by atoms with Crippen LogP contribution in [0.4, 0.5) is 16.0 Å². The zero-order valence-corrected chi connectivity index (χ0v) is 10.8.